The van der Waals surface area contributed by atoms with E-state index in [1.54, 1.807) is 12.1 Å². The summed E-state index contributed by atoms with van der Waals surface area (Å²) in [5.74, 6) is 0.483. The molecule has 2 aromatic carbocycles. The SMILES string of the molecule is Fc1cccc(/C=N\OCc2nc(-c3ccccc3)no2)c1. The molecule has 0 fully saturated rings. The summed E-state index contributed by atoms with van der Waals surface area (Å²) >= 11 is 0. The third-order valence-corrected chi connectivity index (χ3v) is 2.81. The molecule has 0 saturated carbocycles. The Kier molecular flexibility index (Phi) is 4.20. The molecule has 0 amide bonds. The van der Waals surface area contributed by atoms with E-state index in [-0.39, 0.29) is 12.4 Å². The predicted octanol–water partition coefficient (Wildman–Crippen LogP) is 3.43. The molecule has 0 bridgehead atoms. The van der Waals surface area contributed by atoms with Crippen molar-refractivity contribution in [3.05, 3.63) is 71.9 Å². The second kappa shape index (κ2) is 6.62. The number of hydrogen-bond acceptors (Lipinski definition) is 5. The molecule has 0 aliphatic heterocycles. The highest BCUT2D eigenvalue weighted by Crippen LogP contribution is 2.15. The third-order valence-electron chi connectivity index (χ3n) is 2.81. The predicted molar refractivity (Wildman–Crippen MR) is 78.5 cm³/mol. The van der Waals surface area contributed by atoms with Crippen molar-refractivity contribution < 1.29 is 13.8 Å². The van der Waals surface area contributed by atoms with Gasteiger partial charge in [0.1, 0.15) is 5.82 Å². The fourth-order valence-electron chi connectivity index (χ4n) is 1.80. The first-order valence-corrected chi connectivity index (χ1v) is 6.60. The highest BCUT2D eigenvalue weighted by Gasteiger charge is 2.08. The van der Waals surface area contributed by atoms with Crippen molar-refractivity contribution in [1.82, 2.24) is 10.1 Å². The Hall–Kier alpha value is -3.02. The van der Waals surface area contributed by atoms with E-state index in [0.717, 1.165) is 5.56 Å². The van der Waals surface area contributed by atoms with Crippen LogP contribution in [0.25, 0.3) is 11.4 Å². The first kappa shape index (κ1) is 13.9. The second-order valence-corrected chi connectivity index (χ2v) is 4.44. The number of halogens is 1. The lowest BCUT2D eigenvalue weighted by Crippen LogP contribution is -1.89. The summed E-state index contributed by atoms with van der Waals surface area (Å²) in [7, 11) is 0. The van der Waals surface area contributed by atoms with Crippen LogP contribution in [0.1, 0.15) is 11.5 Å². The lowest BCUT2D eigenvalue weighted by molar-refractivity contribution is 0.107. The van der Waals surface area contributed by atoms with Gasteiger partial charge in [0.05, 0.1) is 6.21 Å². The van der Waals surface area contributed by atoms with Gasteiger partial charge in [0.25, 0.3) is 5.89 Å². The topological polar surface area (TPSA) is 60.5 Å². The number of hydrogen-bond donors (Lipinski definition) is 0. The highest BCUT2D eigenvalue weighted by molar-refractivity contribution is 5.78. The van der Waals surface area contributed by atoms with Crippen LogP contribution in [0.4, 0.5) is 4.39 Å². The number of nitrogens with zero attached hydrogens (tertiary/aromatic N) is 3. The van der Waals surface area contributed by atoms with Gasteiger partial charge in [-0.3, -0.25) is 0 Å². The number of rotatable bonds is 5. The lowest BCUT2D eigenvalue weighted by Gasteiger charge is -1.94. The molecule has 0 spiro atoms. The summed E-state index contributed by atoms with van der Waals surface area (Å²) in [6, 6.07) is 15.5. The average Bonchev–Trinajstić information content (AvgIpc) is 3.01. The molecule has 1 aromatic heterocycles. The Morgan fingerprint density at radius 2 is 2.00 bits per heavy atom. The number of aromatic nitrogens is 2. The molecular weight excluding hydrogens is 285 g/mol. The largest absolute Gasteiger partial charge is 0.386 e. The number of benzene rings is 2. The zero-order valence-corrected chi connectivity index (χ0v) is 11.5. The first-order chi connectivity index (χ1) is 10.8. The fourth-order valence-corrected chi connectivity index (χ4v) is 1.80. The maximum Gasteiger partial charge on any atom is 0.267 e. The van der Waals surface area contributed by atoms with Crippen LogP contribution in [0, 0.1) is 5.82 Å². The Labute approximate surface area is 126 Å². The monoisotopic (exact) mass is 297 g/mol. The van der Waals surface area contributed by atoms with Crippen molar-refractivity contribution in [2.24, 2.45) is 5.16 Å². The minimum absolute atomic E-state index is 0.0473. The van der Waals surface area contributed by atoms with E-state index in [4.69, 9.17) is 9.36 Å². The van der Waals surface area contributed by atoms with Gasteiger partial charge in [-0.05, 0) is 17.7 Å². The molecule has 6 heteroatoms. The molecule has 22 heavy (non-hydrogen) atoms. The Morgan fingerprint density at radius 1 is 1.14 bits per heavy atom. The van der Waals surface area contributed by atoms with E-state index < -0.39 is 0 Å². The Bertz CT molecular complexity index is 772. The highest BCUT2D eigenvalue weighted by atomic mass is 19.1. The molecular formula is C16H12FN3O2. The molecule has 3 aromatic rings. The van der Waals surface area contributed by atoms with Crippen molar-refractivity contribution in [2.45, 2.75) is 6.61 Å². The molecule has 110 valence electrons. The Balaban J connectivity index is 1.57. The van der Waals surface area contributed by atoms with Gasteiger partial charge in [0.15, 0.2) is 6.61 Å². The maximum atomic E-state index is 13.0. The van der Waals surface area contributed by atoms with Crippen LogP contribution in [-0.4, -0.2) is 16.4 Å². The summed E-state index contributed by atoms with van der Waals surface area (Å²) in [4.78, 5) is 9.27. The van der Waals surface area contributed by atoms with E-state index in [1.807, 2.05) is 30.3 Å². The molecule has 0 aliphatic rings. The van der Waals surface area contributed by atoms with Crippen molar-refractivity contribution >= 4 is 6.21 Å². The van der Waals surface area contributed by atoms with Gasteiger partial charge in [-0.2, -0.15) is 4.98 Å². The van der Waals surface area contributed by atoms with Crippen molar-refractivity contribution in [3.63, 3.8) is 0 Å². The zero-order valence-electron chi connectivity index (χ0n) is 11.5. The minimum atomic E-state index is -0.326. The van der Waals surface area contributed by atoms with E-state index >= 15 is 0 Å². The molecule has 5 nitrogen and oxygen atoms in total. The van der Waals surface area contributed by atoms with Crippen molar-refractivity contribution in [3.8, 4) is 11.4 Å². The molecule has 3 rings (SSSR count). The molecule has 1 heterocycles. The second-order valence-electron chi connectivity index (χ2n) is 4.44. The minimum Gasteiger partial charge on any atom is -0.386 e. The van der Waals surface area contributed by atoms with Crippen molar-refractivity contribution in [1.29, 1.82) is 0 Å². The van der Waals surface area contributed by atoms with Gasteiger partial charge in [-0.1, -0.05) is 52.8 Å². The summed E-state index contributed by atoms with van der Waals surface area (Å²) in [5.41, 5.74) is 1.47. The smallest absolute Gasteiger partial charge is 0.267 e. The van der Waals surface area contributed by atoms with Crippen LogP contribution in [0.5, 0.6) is 0 Å². The summed E-state index contributed by atoms with van der Waals surface area (Å²) < 4.78 is 18.0. The average molecular weight is 297 g/mol. The standard InChI is InChI=1S/C16H12FN3O2/c17-14-8-4-5-12(9-14)10-18-21-11-15-19-16(20-22-15)13-6-2-1-3-7-13/h1-10H,11H2/b18-10-. The third kappa shape index (κ3) is 3.54. The van der Waals surface area contributed by atoms with E-state index in [0.29, 0.717) is 17.3 Å². The van der Waals surface area contributed by atoms with E-state index in [9.17, 15) is 4.39 Å². The van der Waals surface area contributed by atoms with Crippen LogP contribution in [0.3, 0.4) is 0 Å². The van der Waals surface area contributed by atoms with E-state index in [1.165, 1.54) is 18.3 Å². The first-order valence-electron chi connectivity index (χ1n) is 6.60. The van der Waals surface area contributed by atoms with E-state index in [2.05, 4.69) is 15.3 Å². The lowest BCUT2D eigenvalue weighted by atomic mass is 10.2. The summed E-state index contributed by atoms with van der Waals surface area (Å²) in [6.45, 7) is 0.0473. The molecule has 0 N–H and O–H groups in total. The van der Waals surface area contributed by atoms with Crippen LogP contribution < -0.4 is 0 Å². The van der Waals surface area contributed by atoms with Gasteiger partial charge in [-0.25, -0.2) is 4.39 Å². The molecule has 0 aliphatic carbocycles. The normalized spacial score (nSPS) is 11.0. The van der Waals surface area contributed by atoms with Gasteiger partial charge in [0.2, 0.25) is 5.82 Å². The van der Waals surface area contributed by atoms with Crippen LogP contribution in [0.2, 0.25) is 0 Å². The van der Waals surface area contributed by atoms with Crippen LogP contribution in [0.15, 0.2) is 64.3 Å². The molecule has 0 unspecified atom stereocenters. The van der Waals surface area contributed by atoms with Crippen LogP contribution >= 0.6 is 0 Å². The molecule has 0 saturated heterocycles. The van der Waals surface area contributed by atoms with Crippen molar-refractivity contribution in [2.75, 3.05) is 0 Å². The van der Waals surface area contributed by atoms with Gasteiger partial charge in [0, 0.05) is 5.56 Å². The molecule has 0 atom stereocenters. The van der Waals surface area contributed by atoms with Crippen LogP contribution in [-0.2, 0) is 11.4 Å². The fraction of sp³-hybridized carbons (Fsp3) is 0.0625. The zero-order chi connectivity index (χ0) is 15.2. The Morgan fingerprint density at radius 3 is 2.82 bits per heavy atom. The quantitative estimate of drug-likeness (QED) is 0.535. The van der Waals surface area contributed by atoms with Gasteiger partial charge >= 0.3 is 0 Å². The van der Waals surface area contributed by atoms with Gasteiger partial charge < -0.3 is 9.36 Å². The maximum absolute atomic E-state index is 13.0. The summed E-state index contributed by atoms with van der Waals surface area (Å²) in [5, 5.41) is 7.61. The summed E-state index contributed by atoms with van der Waals surface area (Å²) in [6.07, 6.45) is 1.41. The van der Waals surface area contributed by atoms with Gasteiger partial charge in [-0.15, -0.1) is 0 Å². The molecule has 0 radical (unpaired) electrons. The number of oxime groups is 1.